The van der Waals surface area contributed by atoms with Crippen LogP contribution in [0.4, 0.5) is 0 Å². The van der Waals surface area contributed by atoms with Gasteiger partial charge in [-0.05, 0) is 48.1 Å². The van der Waals surface area contributed by atoms with Gasteiger partial charge in [0.05, 0.1) is 26.8 Å². The number of amides is 1. The van der Waals surface area contributed by atoms with E-state index in [-0.39, 0.29) is 11.9 Å². The predicted octanol–water partition coefficient (Wildman–Crippen LogP) is 3.71. The standard InChI is InChI=1S/C24H30N2O3/c1-28-21-14-18-12-13-26(16-23(27)25-19-10-6-7-11-19)24(17-8-4-3-5-9-17)20(18)15-22(21)29-2/h3-5,8-9,14-15,19,24H,6-7,10-13,16H2,1-2H3,(H,25,27). The first-order valence-corrected chi connectivity index (χ1v) is 10.5. The summed E-state index contributed by atoms with van der Waals surface area (Å²) in [5, 5.41) is 3.24. The van der Waals surface area contributed by atoms with Crippen LogP contribution >= 0.6 is 0 Å². The maximum absolute atomic E-state index is 12.8. The number of rotatable bonds is 6. The molecular formula is C24H30N2O3. The molecule has 2 aromatic carbocycles. The number of ether oxygens (including phenoxy) is 2. The van der Waals surface area contributed by atoms with E-state index in [2.05, 4.69) is 46.6 Å². The molecule has 0 radical (unpaired) electrons. The van der Waals surface area contributed by atoms with E-state index in [1.54, 1.807) is 14.2 Å². The van der Waals surface area contributed by atoms with Crippen molar-refractivity contribution >= 4 is 5.91 Å². The minimum atomic E-state index is 0.0223. The van der Waals surface area contributed by atoms with Gasteiger partial charge in [-0.25, -0.2) is 0 Å². The highest BCUT2D eigenvalue weighted by atomic mass is 16.5. The van der Waals surface area contributed by atoms with Crippen molar-refractivity contribution in [1.82, 2.24) is 10.2 Å². The fraction of sp³-hybridized carbons (Fsp3) is 0.458. The molecule has 2 aromatic rings. The third kappa shape index (κ3) is 4.25. The predicted molar refractivity (Wildman–Crippen MR) is 114 cm³/mol. The van der Waals surface area contributed by atoms with Gasteiger partial charge in [0.15, 0.2) is 11.5 Å². The summed E-state index contributed by atoms with van der Waals surface area (Å²) < 4.78 is 11.1. The number of fused-ring (bicyclic) bond motifs is 1. The van der Waals surface area contributed by atoms with Crippen LogP contribution in [0.25, 0.3) is 0 Å². The second kappa shape index (κ2) is 8.87. The summed E-state index contributed by atoms with van der Waals surface area (Å²) in [6.07, 6.45) is 5.53. The highest BCUT2D eigenvalue weighted by Crippen LogP contribution is 2.40. The number of nitrogens with one attached hydrogen (secondary N) is 1. The summed E-state index contributed by atoms with van der Waals surface area (Å²) in [6, 6.07) is 14.9. The summed E-state index contributed by atoms with van der Waals surface area (Å²) >= 11 is 0. The summed E-state index contributed by atoms with van der Waals surface area (Å²) in [4.78, 5) is 15.1. The molecule has 2 aliphatic rings. The first-order chi connectivity index (χ1) is 14.2. The number of benzene rings is 2. The normalized spacial score (nSPS) is 19.6. The summed E-state index contributed by atoms with van der Waals surface area (Å²) in [5.41, 5.74) is 3.63. The largest absolute Gasteiger partial charge is 0.493 e. The molecular weight excluding hydrogens is 364 g/mol. The SMILES string of the molecule is COc1cc2c(cc1OC)C(c1ccccc1)N(CC(=O)NC1CCCC1)CC2. The summed E-state index contributed by atoms with van der Waals surface area (Å²) in [5.74, 6) is 1.61. The Balaban J connectivity index is 1.64. The fourth-order valence-electron chi connectivity index (χ4n) is 4.72. The monoisotopic (exact) mass is 394 g/mol. The third-order valence-electron chi connectivity index (χ3n) is 6.16. The van der Waals surface area contributed by atoms with Crippen LogP contribution in [-0.2, 0) is 11.2 Å². The molecule has 1 fully saturated rings. The Labute approximate surface area is 173 Å². The van der Waals surface area contributed by atoms with Gasteiger partial charge in [0.1, 0.15) is 0 Å². The van der Waals surface area contributed by atoms with Crippen molar-refractivity contribution in [2.75, 3.05) is 27.3 Å². The highest BCUT2D eigenvalue weighted by molar-refractivity contribution is 5.78. The summed E-state index contributed by atoms with van der Waals surface area (Å²) in [7, 11) is 3.33. The van der Waals surface area contributed by atoms with Gasteiger partial charge in [-0.1, -0.05) is 43.2 Å². The molecule has 1 aliphatic carbocycles. The third-order valence-corrected chi connectivity index (χ3v) is 6.16. The Kier molecular flexibility index (Phi) is 6.05. The molecule has 1 heterocycles. The topological polar surface area (TPSA) is 50.8 Å². The first kappa shape index (κ1) is 19.8. The van der Waals surface area contributed by atoms with Crippen LogP contribution in [0.5, 0.6) is 11.5 Å². The lowest BCUT2D eigenvalue weighted by Crippen LogP contribution is -2.45. The van der Waals surface area contributed by atoms with E-state index in [0.717, 1.165) is 37.3 Å². The molecule has 1 aliphatic heterocycles. The molecule has 0 aromatic heterocycles. The average Bonchev–Trinajstić information content (AvgIpc) is 3.26. The molecule has 1 N–H and O–H groups in total. The zero-order valence-corrected chi connectivity index (χ0v) is 17.3. The van der Waals surface area contributed by atoms with Crippen LogP contribution in [0.2, 0.25) is 0 Å². The zero-order chi connectivity index (χ0) is 20.2. The van der Waals surface area contributed by atoms with Gasteiger partial charge in [-0.3, -0.25) is 9.69 Å². The highest BCUT2D eigenvalue weighted by Gasteiger charge is 2.32. The number of carbonyl (C=O) groups excluding carboxylic acids is 1. The minimum absolute atomic E-state index is 0.0223. The smallest absolute Gasteiger partial charge is 0.234 e. The van der Waals surface area contributed by atoms with Crippen molar-refractivity contribution in [3.63, 3.8) is 0 Å². The number of hydrogen-bond acceptors (Lipinski definition) is 4. The van der Waals surface area contributed by atoms with Gasteiger partial charge in [0.25, 0.3) is 0 Å². The van der Waals surface area contributed by atoms with Crippen molar-refractivity contribution in [3.8, 4) is 11.5 Å². The Bertz CT molecular complexity index is 847. The maximum atomic E-state index is 12.8. The van der Waals surface area contributed by atoms with Crippen molar-refractivity contribution < 1.29 is 14.3 Å². The van der Waals surface area contributed by atoms with E-state index < -0.39 is 0 Å². The number of methoxy groups -OCH3 is 2. The number of hydrogen-bond donors (Lipinski definition) is 1. The quantitative estimate of drug-likeness (QED) is 0.812. The molecule has 1 amide bonds. The Morgan fingerprint density at radius 3 is 2.45 bits per heavy atom. The molecule has 1 atom stereocenters. The van der Waals surface area contributed by atoms with Gasteiger partial charge in [-0.15, -0.1) is 0 Å². The Hall–Kier alpha value is -2.53. The molecule has 5 nitrogen and oxygen atoms in total. The lowest BCUT2D eigenvalue weighted by atomic mass is 9.87. The minimum Gasteiger partial charge on any atom is -0.493 e. The molecule has 0 saturated heterocycles. The van der Waals surface area contributed by atoms with Gasteiger partial charge >= 0.3 is 0 Å². The second-order valence-electron chi connectivity index (χ2n) is 7.99. The molecule has 0 bridgehead atoms. The van der Waals surface area contributed by atoms with Crippen molar-refractivity contribution in [2.45, 2.75) is 44.2 Å². The van der Waals surface area contributed by atoms with E-state index in [1.165, 1.54) is 29.5 Å². The first-order valence-electron chi connectivity index (χ1n) is 10.5. The van der Waals surface area contributed by atoms with Gasteiger partial charge in [0.2, 0.25) is 5.91 Å². The Morgan fingerprint density at radius 2 is 1.76 bits per heavy atom. The lowest BCUT2D eigenvalue weighted by Gasteiger charge is -2.38. The van der Waals surface area contributed by atoms with Gasteiger partial charge < -0.3 is 14.8 Å². The lowest BCUT2D eigenvalue weighted by molar-refractivity contribution is -0.123. The van der Waals surface area contributed by atoms with Crippen LogP contribution in [-0.4, -0.2) is 44.2 Å². The zero-order valence-electron chi connectivity index (χ0n) is 17.3. The van der Waals surface area contributed by atoms with Crippen LogP contribution in [0.3, 0.4) is 0 Å². The van der Waals surface area contributed by atoms with Gasteiger partial charge in [-0.2, -0.15) is 0 Å². The maximum Gasteiger partial charge on any atom is 0.234 e. The number of nitrogens with zero attached hydrogens (tertiary/aromatic N) is 1. The average molecular weight is 395 g/mol. The van der Waals surface area contributed by atoms with E-state index in [4.69, 9.17) is 9.47 Å². The molecule has 29 heavy (non-hydrogen) atoms. The van der Waals surface area contributed by atoms with Gasteiger partial charge in [0, 0.05) is 12.6 Å². The molecule has 0 spiro atoms. The molecule has 154 valence electrons. The molecule has 1 unspecified atom stereocenters. The Morgan fingerprint density at radius 1 is 1.07 bits per heavy atom. The van der Waals surface area contributed by atoms with Crippen molar-refractivity contribution in [3.05, 3.63) is 59.2 Å². The van der Waals surface area contributed by atoms with E-state index in [9.17, 15) is 4.79 Å². The van der Waals surface area contributed by atoms with Crippen molar-refractivity contribution in [1.29, 1.82) is 0 Å². The summed E-state index contributed by atoms with van der Waals surface area (Å²) in [6.45, 7) is 1.24. The van der Waals surface area contributed by atoms with Crippen LogP contribution in [0.15, 0.2) is 42.5 Å². The van der Waals surface area contributed by atoms with E-state index in [0.29, 0.717) is 12.6 Å². The molecule has 1 saturated carbocycles. The molecule has 4 rings (SSSR count). The van der Waals surface area contributed by atoms with E-state index >= 15 is 0 Å². The van der Waals surface area contributed by atoms with Crippen LogP contribution in [0, 0.1) is 0 Å². The fourth-order valence-corrected chi connectivity index (χ4v) is 4.72. The van der Waals surface area contributed by atoms with Crippen molar-refractivity contribution in [2.24, 2.45) is 0 Å². The van der Waals surface area contributed by atoms with E-state index in [1.807, 2.05) is 6.07 Å². The van der Waals surface area contributed by atoms with Crippen LogP contribution < -0.4 is 14.8 Å². The number of carbonyl (C=O) groups is 1. The second-order valence-corrected chi connectivity index (χ2v) is 7.99. The molecule has 5 heteroatoms. The van der Waals surface area contributed by atoms with Crippen LogP contribution in [0.1, 0.15) is 48.4 Å².